The Morgan fingerprint density at radius 2 is 2.04 bits per heavy atom. The molecule has 1 aliphatic heterocycles. The molecule has 0 radical (unpaired) electrons. The maximum absolute atomic E-state index is 12.7. The molecule has 0 saturated carbocycles. The number of carbonyl (C=O) groups excluding carboxylic acids is 2. The Morgan fingerprint density at radius 1 is 1.37 bits per heavy atom. The van der Waals surface area contributed by atoms with Crippen LogP contribution in [-0.2, 0) is 14.3 Å². The third kappa shape index (κ3) is 4.08. The van der Waals surface area contributed by atoms with Crippen molar-refractivity contribution < 1.29 is 19.2 Å². The molecule has 0 amide bonds. The van der Waals surface area contributed by atoms with Crippen molar-refractivity contribution in [3.05, 3.63) is 51.2 Å². The van der Waals surface area contributed by atoms with Crippen molar-refractivity contribution in [3.8, 4) is 6.07 Å². The quantitative estimate of drug-likeness (QED) is 0.446. The van der Waals surface area contributed by atoms with Crippen LogP contribution in [0.1, 0.15) is 39.2 Å². The van der Waals surface area contributed by atoms with E-state index < -0.39 is 28.8 Å². The lowest BCUT2D eigenvalue weighted by Crippen LogP contribution is -2.35. The average molecular weight is 369 g/mol. The van der Waals surface area contributed by atoms with Crippen molar-refractivity contribution in [2.45, 2.75) is 39.7 Å². The molecule has 8 nitrogen and oxygen atoms in total. The summed E-state index contributed by atoms with van der Waals surface area (Å²) in [4.78, 5) is 40.0. The van der Waals surface area contributed by atoms with Crippen LogP contribution < -0.4 is 0 Å². The Morgan fingerprint density at radius 3 is 2.59 bits per heavy atom. The molecule has 2 rings (SSSR count). The highest BCUT2D eigenvalue weighted by Crippen LogP contribution is 2.40. The van der Waals surface area contributed by atoms with E-state index in [0.29, 0.717) is 17.0 Å². The number of ether oxygens (including phenoxy) is 1. The number of benzene rings is 1. The molecule has 0 fully saturated rings. The number of rotatable bonds is 5. The van der Waals surface area contributed by atoms with Crippen molar-refractivity contribution in [3.63, 3.8) is 0 Å². The number of ketones is 1. The number of Topliss-reactive ketones (excluding diaryl/α,β-unsaturated/α-hetero) is 1. The number of nitrogens with zero attached hydrogens (tertiary/aromatic N) is 3. The van der Waals surface area contributed by atoms with E-state index in [2.05, 4.69) is 4.99 Å². The molecule has 3 atom stereocenters. The maximum Gasteiger partial charge on any atom is 0.337 e. The van der Waals surface area contributed by atoms with Gasteiger partial charge in [-0.1, -0.05) is 12.1 Å². The van der Waals surface area contributed by atoms with E-state index >= 15 is 0 Å². The molecule has 140 valence electrons. The zero-order valence-corrected chi connectivity index (χ0v) is 15.4. The van der Waals surface area contributed by atoms with Gasteiger partial charge in [0.05, 0.1) is 16.4 Å². The minimum Gasteiger partial charge on any atom is -0.444 e. The molecule has 0 aromatic heterocycles. The van der Waals surface area contributed by atoms with Gasteiger partial charge in [-0.15, -0.1) is 0 Å². The highest BCUT2D eigenvalue weighted by Gasteiger charge is 2.40. The lowest BCUT2D eigenvalue weighted by Gasteiger charge is -2.31. The summed E-state index contributed by atoms with van der Waals surface area (Å²) < 4.78 is 5.13. The van der Waals surface area contributed by atoms with Crippen LogP contribution >= 0.6 is 0 Å². The standard InChI is InChI=1S/C19H19N3O5/c1-10(9-20)27-19(24)17-12(3)21-11(2)16(13(4)23)18(17)14-6-5-7-15(8-14)22(25)26/h5-8,10,16,18H,1-4H3. The highest BCUT2D eigenvalue weighted by atomic mass is 16.6. The Labute approximate surface area is 156 Å². The van der Waals surface area contributed by atoms with Gasteiger partial charge in [0, 0.05) is 29.5 Å². The number of hydrogen-bond donors (Lipinski definition) is 0. The van der Waals surface area contributed by atoms with Crippen LogP contribution in [-0.4, -0.2) is 28.5 Å². The van der Waals surface area contributed by atoms with Gasteiger partial charge in [0.25, 0.3) is 5.69 Å². The maximum atomic E-state index is 12.7. The zero-order valence-electron chi connectivity index (χ0n) is 15.4. The van der Waals surface area contributed by atoms with Gasteiger partial charge >= 0.3 is 5.97 Å². The number of nitro groups is 1. The first-order valence-corrected chi connectivity index (χ1v) is 8.28. The number of nitro benzene ring substituents is 1. The average Bonchev–Trinajstić information content (AvgIpc) is 2.60. The summed E-state index contributed by atoms with van der Waals surface area (Å²) in [6.45, 7) is 6.10. The van der Waals surface area contributed by atoms with Crippen molar-refractivity contribution in [1.29, 1.82) is 5.26 Å². The number of aliphatic imine (C=N–C) groups is 1. The molecule has 0 spiro atoms. The Kier molecular flexibility index (Phi) is 5.85. The second-order valence-corrected chi connectivity index (χ2v) is 6.35. The smallest absolute Gasteiger partial charge is 0.337 e. The summed E-state index contributed by atoms with van der Waals surface area (Å²) in [5, 5.41) is 20.1. The van der Waals surface area contributed by atoms with E-state index in [-0.39, 0.29) is 17.0 Å². The number of esters is 1. The number of carbonyl (C=O) groups is 2. The Hall–Kier alpha value is -3.34. The normalized spacial score (nSPS) is 20.3. The highest BCUT2D eigenvalue weighted by molar-refractivity contribution is 6.08. The summed E-state index contributed by atoms with van der Waals surface area (Å²) in [7, 11) is 0. The fourth-order valence-corrected chi connectivity index (χ4v) is 3.27. The first-order valence-electron chi connectivity index (χ1n) is 8.28. The summed E-state index contributed by atoms with van der Waals surface area (Å²) in [5.41, 5.74) is 1.29. The van der Waals surface area contributed by atoms with E-state index in [1.165, 1.54) is 32.0 Å². The second kappa shape index (κ2) is 7.91. The summed E-state index contributed by atoms with van der Waals surface area (Å²) in [6.07, 6.45) is -0.980. The van der Waals surface area contributed by atoms with E-state index in [4.69, 9.17) is 10.00 Å². The fourth-order valence-electron chi connectivity index (χ4n) is 3.27. The third-order valence-electron chi connectivity index (χ3n) is 4.39. The van der Waals surface area contributed by atoms with E-state index in [1.807, 2.05) is 6.07 Å². The van der Waals surface area contributed by atoms with Gasteiger partial charge in [-0.25, -0.2) is 4.79 Å². The predicted molar refractivity (Wildman–Crippen MR) is 97.0 cm³/mol. The topological polar surface area (TPSA) is 123 Å². The summed E-state index contributed by atoms with van der Waals surface area (Å²) >= 11 is 0. The van der Waals surface area contributed by atoms with Gasteiger partial charge in [-0.2, -0.15) is 5.26 Å². The molecule has 0 bridgehead atoms. The molecule has 8 heteroatoms. The van der Waals surface area contributed by atoms with Gasteiger partial charge in [0.15, 0.2) is 6.10 Å². The van der Waals surface area contributed by atoms with E-state index in [9.17, 15) is 19.7 Å². The lowest BCUT2D eigenvalue weighted by atomic mass is 9.74. The molecular formula is C19H19N3O5. The van der Waals surface area contributed by atoms with Crippen LogP contribution in [0.4, 0.5) is 5.69 Å². The number of nitriles is 1. The molecule has 27 heavy (non-hydrogen) atoms. The van der Waals surface area contributed by atoms with Gasteiger partial charge in [0.1, 0.15) is 11.9 Å². The largest absolute Gasteiger partial charge is 0.444 e. The number of non-ortho nitro benzene ring substituents is 1. The molecule has 1 aromatic rings. The van der Waals surface area contributed by atoms with Gasteiger partial charge in [0.2, 0.25) is 0 Å². The molecular weight excluding hydrogens is 350 g/mol. The van der Waals surface area contributed by atoms with Crippen molar-refractivity contribution in [1.82, 2.24) is 0 Å². The molecule has 0 saturated heterocycles. The Balaban J connectivity index is 2.66. The van der Waals surface area contributed by atoms with Crippen LogP contribution in [0.15, 0.2) is 40.5 Å². The van der Waals surface area contributed by atoms with E-state index in [1.54, 1.807) is 19.9 Å². The molecule has 1 aliphatic rings. The van der Waals surface area contributed by atoms with E-state index in [0.717, 1.165) is 0 Å². The van der Waals surface area contributed by atoms with Crippen LogP contribution in [0, 0.1) is 27.4 Å². The lowest BCUT2D eigenvalue weighted by molar-refractivity contribution is -0.384. The minimum atomic E-state index is -0.980. The van der Waals surface area contributed by atoms with Gasteiger partial charge in [-0.05, 0) is 33.3 Å². The molecule has 1 aromatic carbocycles. The van der Waals surface area contributed by atoms with Crippen LogP contribution in [0.2, 0.25) is 0 Å². The second-order valence-electron chi connectivity index (χ2n) is 6.35. The van der Waals surface area contributed by atoms with Crippen molar-refractivity contribution in [2.75, 3.05) is 0 Å². The van der Waals surface area contributed by atoms with Crippen LogP contribution in [0.5, 0.6) is 0 Å². The van der Waals surface area contributed by atoms with Gasteiger partial charge in [-0.3, -0.25) is 19.9 Å². The first kappa shape index (κ1) is 20.0. The molecule has 0 aliphatic carbocycles. The SMILES string of the molecule is CC(=O)C1C(C)=NC(C)=C(C(=O)OC(C)C#N)C1c1cccc([N+](=O)[O-])c1. The summed E-state index contributed by atoms with van der Waals surface area (Å²) in [6, 6.07) is 7.62. The van der Waals surface area contributed by atoms with Crippen LogP contribution in [0.25, 0.3) is 0 Å². The van der Waals surface area contributed by atoms with Crippen molar-refractivity contribution >= 4 is 23.2 Å². The van der Waals surface area contributed by atoms with Gasteiger partial charge < -0.3 is 4.74 Å². The monoisotopic (exact) mass is 369 g/mol. The summed E-state index contributed by atoms with van der Waals surface area (Å²) in [5.74, 6) is -2.52. The molecule has 3 unspecified atom stereocenters. The Bertz CT molecular complexity index is 910. The van der Waals surface area contributed by atoms with Crippen molar-refractivity contribution in [2.24, 2.45) is 10.9 Å². The van der Waals surface area contributed by atoms with Crippen LogP contribution in [0.3, 0.4) is 0 Å². The predicted octanol–water partition coefficient (Wildman–Crippen LogP) is 3.09. The molecule has 0 N–H and O–H groups in total. The first-order chi connectivity index (χ1) is 12.7. The minimum absolute atomic E-state index is 0.128. The number of allylic oxidation sites excluding steroid dienone is 1. The third-order valence-corrected chi connectivity index (χ3v) is 4.39. The zero-order chi connectivity index (χ0) is 20.3. The number of hydrogen-bond acceptors (Lipinski definition) is 7. The molecule has 1 heterocycles. The fraction of sp³-hybridized carbons (Fsp3) is 0.368.